The minimum Gasteiger partial charge on any atom is -0.289 e. The van der Waals surface area contributed by atoms with Crippen molar-refractivity contribution in [1.29, 1.82) is 0 Å². The van der Waals surface area contributed by atoms with E-state index in [-0.39, 0.29) is 0 Å². The van der Waals surface area contributed by atoms with Crippen LogP contribution >= 0.6 is 11.3 Å². The van der Waals surface area contributed by atoms with Crippen LogP contribution in [0.2, 0.25) is 0 Å². The summed E-state index contributed by atoms with van der Waals surface area (Å²) < 4.78 is 0. The smallest absolute Gasteiger partial charge is 0.193 e. The highest BCUT2D eigenvalue weighted by atomic mass is 32.1. The van der Waals surface area contributed by atoms with E-state index in [0.29, 0.717) is 6.29 Å². The van der Waals surface area contributed by atoms with Crippen molar-refractivity contribution in [3.8, 4) is 22.3 Å². The number of thiophene rings is 1. The summed E-state index contributed by atoms with van der Waals surface area (Å²) in [7, 11) is 0. The van der Waals surface area contributed by atoms with Gasteiger partial charge in [0.25, 0.3) is 0 Å². The van der Waals surface area contributed by atoms with Gasteiger partial charge in [-0.3, -0.25) is 4.79 Å². The second kappa shape index (κ2) is 4.59. The Morgan fingerprint density at radius 1 is 1.13 bits per heavy atom. The summed E-state index contributed by atoms with van der Waals surface area (Å²) in [5, 5.41) is 2.05. The van der Waals surface area contributed by atoms with Crippen LogP contribution in [0.3, 0.4) is 0 Å². The largest absolute Gasteiger partial charge is 0.289 e. The molecule has 0 amide bonds. The molecule has 1 aromatic heterocycles. The Morgan fingerprint density at radius 2 is 1.93 bits per heavy atom. The first-order valence-electron chi connectivity index (χ1n) is 4.49. The van der Waals surface area contributed by atoms with Gasteiger partial charge in [0, 0.05) is 10.4 Å². The highest BCUT2D eigenvalue weighted by Crippen LogP contribution is 2.24. The molecule has 0 atom stereocenters. The Morgan fingerprint density at radius 3 is 2.53 bits per heavy atom. The molecule has 0 aliphatic carbocycles. The van der Waals surface area contributed by atoms with E-state index in [1.807, 2.05) is 30.3 Å². The lowest BCUT2D eigenvalue weighted by Crippen LogP contribution is -1.75. The average molecular weight is 212 g/mol. The van der Waals surface area contributed by atoms with Crippen molar-refractivity contribution >= 4 is 17.6 Å². The molecule has 0 radical (unpaired) electrons. The summed E-state index contributed by atoms with van der Waals surface area (Å²) in [6.07, 6.45) is 0.604. The van der Waals surface area contributed by atoms with Gasteiger partial charge in [-0.25, -0.2) is 0 Å². The minimum atomic E-state index is 0.604. The van der Waals surface area contributed by atoms with Gasteiger partial charge in [-0.15, -0.1) is 11.3 Å². The van der Waals surface area contributed by atoms with E-state index in [2.05, 4.69) is 23.3 Å². The van der Waals surface area contributed by atoms with E-state index in [0.717, 1.165) is 5.56 Å². The fourth-order valence-corrected chi connectivity index (χ4v) is 2.01. The molecule has 0 saturated heterocycles. The third-order valence-electron chi connectivity index (χ3n) is 1.97. The van der Waals surface area contributed by atoms with E-state index in [1.165, 1.54) is 10.4 Å². The quantitative estimate of drug-likeness (QED) is 0.524. The Kier molecular flexibility index (Phi) is 2.96. The number of hydrogen-bond acceptors (Lipinski definition) is 2. The molecule has 0 bridgehead atoms. The van der Waals surface area contributed by atoms with Crippen molar-refractivity contribution in [2.45, 2.75) is 0 Å². The molecule has 72 valence electrons. The van der Waals surface area contributed by atoms with Crippen LogP contribution in [0, 0.1) is 11.8 Å². The highest BCUT2D eigenvalue weighted by molar-refractivity contribution is 7.13. The van der Waals surface area contributed by atoms with Crippen LogP contribution in [0.5, 0.6) is 0 Å². The molecule has 0 aliphatic heterocycles. The van der Waals surface area contributed by atoms with Gasteiger partial charge in [-0.05, 0) is 35.1 Å². The Labute approximate surface area is 92.4 Å². The van der Waals surface area contributed by atoms with Gasteiger partial charge in [0.15, 0.2) is 6.29 Å². The van der Waals surface area contributed by atoms with Gasteiger partial charge >= 0.3 is 0 Å². The number of hydrogen-bond donors (Lipinski definition) is 0. The molecule has 2 heteroatoms. The first-order valence-corrected chi connectivity index (χ1v) is 5.37. The molecular weight excluding hydrogens is 204 g/mol. The standard InChI is InChI=1S/C13H8OS/c14-9-1-3-11-5-7-12(8-6-11)13-4-2-10-15-13/h2,4-10H. The number of carbonyl (C=O) groups excluding carboxylic acids is 1. The molecular formula is C13H8OS. The molecule has 1 aromatic carbocycles. The zero-order valence-electron chi connectivity index (χ0n) is 7.94. The predicted octanol–water partition coefficient (Wildman–Crippen LogP) is 2.97. The molecule has 0 N–H and O–H groups in total. The Balaban J connectivity index is 2.28. The summed E-state index contributed by atoms with van der Waals surface area (Å²) in [5.74, 6) is 5.14. The molecule has 2 aromatic rings. The maximum atomic E-state index is 10.1. The van der Waals surface area contributed by atoms with Crippen LogP contribution in [0.15, 0.2) is 41.8 Å². The second-order valence-electron chi connectivity index (χ2n) is 2.94. The number of aldehydes is 1. The first-order chi connectivity index (χ1) is 7.40. The number of rotatable bonds is 1. The number of carbonyl (C=O) groups is 1. The van der Waals surface area contributed by atoms with Gasteiger partial charge in [0.1, 0.15) is 0 Å². The topological polar surface area (TPSA) is 17.1 Å². The molecule has 1 nitrogen and oxygen atoms in total. The SMILES string of the molecule is O=CC#Cc1ccc(-c2cccs2)cc1. The first kappa shape index (κ1) is 9.70. The lowest BCUT2D eigenvalue weighted by molar-refractivity contribution is -0.103. The lowest BCUT2D eigenvalue weighted by Gasteiger charge is -1.96. The third kappa shape index (κ3) is 2.34. The van der Waals surface area contributed by atoms with Gasteiger partial charge in [-0.1, -0.05) is 24.1 Å². The van der Waals surface area contributed by atoms with Crippen molar-refractivity contribution in [3.63, 3.8) is 0 Å². The summed E-state index contributed by atoms with van der Waals surface area (Å²) >= 11 is 1.71. The van der Waals surface area contributed by atoms with Crippen LogP contribution < -0.4 is 0 Å². The average Bonchev–Trinajstić information content (AvgIpc) is 2.80. The molecule has 1 heterocycles. The van der Waals surface area contributed by atoms with Crippen LogP contribution in [-0.4, -0.2) is 6.29 Å². The minimum absolute atomic E-state index is 0.604. The van der Waals surface area contributed by atoms with E-state index in [1.54, 1.807) is 11.3 Å². The van der Waals surface area contributed by atoms with E-state index in [4.69, 9.17) is 0 Å². The summed E-state index contributed by atoms with van der Waals surface area (Å²) in [4.78, 5) is 11.3. The zero-order valence-corrected chi connectivity index (χ0v) is 8.75. The van der Waals surface area contributed by atoms with E-state index in [9.17, 15) is 4.79 Å². The molecule has 0 spiro atoms. The van der Waals surface area contributed by atoms with Crippen molar-refractivity contribution in [2.75, 3.05) is 0 Å². The van der Waals surface area contributed by atoms with Gasteiger partial charge in [-0.2, -0.15) is 0 Å². The fourth-order valence-electron chi connectivity index (χ4n) is 1.27. The second-order valence-corrected chi connectivity index (χ2v) is 3.89. The van der Waals surface area contributed by atoms with E-state index < -0.39 is 0 Å². The molecule has 0 fully saturated rings. The van der Waals surface area contributed by atoms with Gasteiger partial charge in [0.2, 0.25) is 0 Å². The maximum Gasteiger partial charge on any atom is 0.193 e. The predicted molar refractivity (Wildman–Crippen MR) is 62.7 cm³/mol. The van der Waals surface area contributed by atoms with Crippen molar-refractivity contribution in [1.82, 2.24) is 0 Å². The summed E-state index contributed by atoms with van der Waals surface area (Å²) in [6.45, 7) is 0. The molecule has 0 aliphatic rings. The molecule has 2 rings (SSSR count). The van der Waals surface area contributed by atoms with Crippen molar-refractivity contribution in [3.05, 3.63) is 47.3 Å². The fraction of sp³-hybridized carbons (Fsp3) is 0. The van der Waals surface area contributed by atoms with Crippen molar-refractivity contribution in [2.24, 2.45) is 0 Å². The Bertz CT molecular complexity index is 498. The molecule has 0 saturated carbocycles. The number of benzene rings is 1. The normalized spacial score (nSPS) is 9.07. The van der Waals surface area contributed by atoms with E-state index >= 15 is 0 Å². The summed E-state index contributed by atoms with van der Waals surface area (Å²) in [5.41, 5.74) is 2.05. The molecule has 15 heavy (non-hydrogen) atoms. The highest BCUT2D eigenvalue weighted by Gasteiger charge is 1.96. The van der Waals surface area contributed by atoms with Crippen molar-refractivity contribution < 1.29 is 4.79 Å². The van der Waals surface area contributed by atoms with Crippen LogP contribution in [-0.2, 0) is 4.79 Å². The maximum absolute atomic E-state index is 10.1. The van der Waals surface area contributed by atoms with Crippen LogP contribution in [0.1, 0.15) is 5.56 Å². The zero-order chi connectivity index (χ0) is 10.5. The van der Waals surface area contributed by atoms with Crippen LogP contribution in [0.25, 0.3) is 10.4 Å². The van der Waals surface area contributed by atoms with Crippen LogP contribution in [0.4, 0.5) is 0 Å². The summed E-state index contributed by atoms with van der Waals surface area (Å²) in [6, 6.07) is 12.0. The Hall–Kier alpha value is -1.85. The third-order valence-corrected chi connectivity index (χ3v) is 2.88. The van der Waals surface area contributed by atoms with Gasteiger partial charge in [0.05, 0.1) is 0 Å². The lowest BCUT2D eigenvalue weighted by atomic mass is 10.1. The monoisotopic (exact) mass is 212 g/mol. The molecule has 0 unspecified atom stereocenters. The van der Waals surface area contributed by atoms with Gasteiger partial charge < -0.3 is 0 Å².